The summed E-state index contributed by atoms with van der Waals surface area (Å²) in [5.41, 5.74) is 17.8. The van der Waals surface area contributed by atoms with E-state index in [-0.39, 0.29) is 31.9 Å². The molecule has 1 aliphatic carbocycles. The molecule has 9 aromatic carbocycles. The van der Waals surface area contributed by atoms with E-state index in [1.807, 2.05) is 24.4 Å². The molecule has 0 atom stereocenters. The zero-order chi connectivity index (χ0) is 47.8. The molecular weight excluding hydrogens is 1060 g/mol. The minimum atomic E-state index is -0.359. The van der Waals surface area contributed by atoms with Crippen molar-refractivity contribution in [2.24, 2.45) is 0 Å². The maximum atomic E-state index is 6.81. The molecule has 6 heteroatoms. The van der Waals surface area contributed by atoms with Crippen molar-refractivity contribution < 1.29 is 25.8 Å². The number of pyridine rings is 1. The van der Waals surface area contributed by atoms with Crippen LogP contribution in [0.4, 0.5) is 22.7 Å². The van der Waals surface area contributed by atoms with Crippen LogP contribution < -0.4 is 14.5 Å². The van der Waals surface area contributed by atoms with Gasteiger partial charge in [-0.25, -0.2) is 4.98 Å². The maximum Gasteiger partial charge on any atom is 0.135 e. The minimum Gasteiger partial charge on any atom is -0.509 e. The Hall–Kier alpha value is -7.98. The first-order valence-electron chi connectivity index (χ1n) is 24.4. The van der Waals surface area contributed by atoms with Crippen LogP contribution in [0.5, 0.6) is 11.5 Å². The van der Waals surface area contributed by atoms with Crippen molar-refractivity contribution >= 4 is 44.6 Å². The molecule has 1 aliphatic heterocycles. The summed E-state index contributed by atoms with van der Waals surface area (Å²) >= 11 is 0. The Kier molecular flexibility index (Phi) is 11.1. The zero-order valence-electron chi connectivity index (χ0n) is 40.4. The van der Waals surface area contributed by atoms with Crippen molar-refractivity contribution in [2.75, 3.05) is 9.80 Å². The van der Waals surface area contributed by atoms with E-state index in [1.54, 1.807) is 0 Å². The van der Waals surface area contributed by atoms with E-state index in [9.17, 15) is 0 Å². The molecule has 0 amide bonds. The summed E-state index contributed by atoms with van der Waals surface area (Å²) in [7, 11) is 0. The molecule has 13 rings (SSSR count). The van der Waals surface area contributed by atoms with Crippen LogP contribution in [0.25, 0.3) is 61.0 Å². The molecule has 352 valence electrons. The number of hydrogen-bond acceptors (Lipinski definition) is 4. The number of hydrogen-bond donors (Lipinski definition) is 0. The van der Waals surface area contributed by atoms with Gasteiger partial charge in [-0.15, -0.1) is 48.1 Å². The molecule has 0 radical (unpaired) electrons. The van der Waals surface area contributed by atoms with Crippen LogP contribution in [0.3, 0.4) is 0 Å². The first-order chi connectivity index (χ1) is 34.7. The normalized spacial score (nSPS) is 13.4. The van der Waals surface area contributed by atoms with E-state index in [4.69, 9.17) is 9.72 Å². The van der Waals surface area contributed by atoms with Crippen molar-refractivity contribution in [1.29, 1.82) is 0 Å². The summed E-state index contributed by atoms with van der Waals surface area (Å²) in [6.07, 6.45) is 1.93. The Morgan fingerprint density at radius 2 is 1.10 bits per heavy atom. The molecular formula is C66H49N4OPt-3. The van der Waals surface area contributed by atoms with Gasteiger partial charge >= 0.3 is 0 Å². The fourth-order valence-electron chi connectivity index (χ4n) is 11.0. The molecule has 5 nitrogen and oxygen atoms in total. The summed E-state index contributed by atoms with van der Waals surface area (Å²) in [5, 5.41) is 2.20. The summed E-state index contributed by atoms with van der Waals surface area (Å²) < 4.78 is 9.08. The van der Waals surface area contributed by atoms with Gasteiger partial charge in [-0.1, -0.05) is 178 Å². The number of para-hydroxylation sites is 3. The molecule has 0 unspecified atom stereocenters. The number of anilines is 4. The van der Waals surface area contributed by atoms with Crippen LogP contribution in [-0.4, -0.2) is 9.55 Å². The van der Waals surface area contributed by atoms with Crippen LogP contribution in [0.15, 0.2) is 219 Å². The Bertz CT molecular complexity index is 3750. The van der Waals surface area contributed by atoms with Gasteiger partial charge in [0.15, 0.2) is 0 Å². The van der Waals surface area contributed by atoms with Gasteiger partial charge < -0.3 is 19.1 Å². The van der Waals surface area contributed by atoms with Crippen LogP contribution in [0.1, 0.15) is 49.9 Å². The average molecular weight is 1110 g/mol. The van der Waals surface area contributed by atoms with Gasteiger partial charge in [0.25, 0.3) is 0 Å². The van der Waals surface area contributed by atoms with Crippen LogP contribution in [-0.2, 0) is 31.9 Å². The Morgan fingerprint density at radius 3 is 1.76 bits per heavy atom. The smallest absolute Gasteiger partial charge is 0.135 e. The van der Waals surface area contributed by atoms with E-state index in [0.717, 1.165) is 72.6 Å². The van der Waals surface area contributed by atoms with Gasteiger partial charge in [0.2, 0.25) is 0 Å². The van der Waals surface area contributed by atoms with Crippen LogP contribution in [0.2, 0.25) is 0 Å². The molecule has 3 heterocycles. The van der Waals surface area contributed by atoms with Gasteiger partial charge in [0.1, 0.15) is 5.82 Å². The van der Waals surface area contributed by atoms with Gasteiger partial charge in [-0.3, -0.25) is 0 Å². The summed E-state index contributed by atoms with van der Waals surface area (Å²) in [4.78, 5) is 9.58. The Morgan fingerprint density at radius 1 is 0.528 bits per heavy atom. The summed E-state index contributed by atoms with van der Waals surface area (Å²) in [5.74, 6) is 2.01. The molecule has 0 bridgehead atoms. The number of rotatable bonds is 8. The minimum absolute atomic E-state index is 0. The number of benzene rings is 9. The molecule has 72 heavy (non-hydrogen) atoms. The largest absolute Gasteiger partial charge is 0.509 e. The van der Waals surface area contributed by atoms with Gasteiger partial charge in [-0.05, 0) is 92.6 Å². The summed E-state index contributed by atoms with van der Waals surface area (Å²) in [6.45, 7) is 11.3. The van der Waals surface area contributed by atoms with Crippen molar-refractivity contribution in [1.82, 2.24) is 9.55 Å². The van der Waals surface area contributed by atoms with Crippen molar-refractivity contribution in [3.05, 3.63) is 260 Å². The molecule has 2 aromatic heterocycles. The zero-order valence-corrected chi connectivity index (χ0v) is 42.6. The molecule has 0 saturated heterocycles. The quantitative estimate of drug-likeness (QED) is 0.142. The third-order valence-electron chi connectivity index (χ3n) is 14.6. The van der Waals surface area contributed by atoms with Gasteiger partial charge in [0.05, 0.1) is 0 Å². The number of ether oxygens (including phenoxy) is 1. The molecule has 2 aliphatic rings. The molecule has 0 N–H and O–H groups in total. The third-order valence-corrected chi connectivity index (χ3v) is 14.6. The Labute approximate surface area is 435 Å². The number of fused-ring (bicyclic) bond motifs is 7. The van der Waals surface area contributed by atoms with Crippen molar-refractivity contribution in [3.8, 4) is 50.7 Å². The predicted molar refractivity (Wildman–Crippen MR) is 291 cm³/mol. The van der Waals surface area contributed by atoms with Crippen LogP contribution in [0, 0.1) is 18.8 Å². The fourth-order valence-corrected chi connectivity index (χ4v) is 11.0. The van der Waals surface area contributed by atoms with E-state index < -0.39 is 0 Å². The first-order valence-corrected chi connectivity index (χ1v) is 24.4. The monoisotopic (exact) mass is 1110 g/mol. The third kappa shape index (κ3) is 7.37. The van der Waals surface area contributed by atoms with Crippen molar-refractivity contribution in [3.63, 3.8) is 0 Å². The number of nitrogens with zero attached hydrogens (tertiary/aromatic N) is 4. The van der Waals surface area contributed by atoms with E-state index in [1.165, 1.54) is 33.4 Å². The maximum absolute atomic E-state index is 6.81. The Balaban J connectivity index is 0.00000530. The predicted octanol–water partition coefficient (Wildman–Crippen LogP) is 16.9. The molecule has 11 aromatic rings. The van der Waals surface area contributed by atoms with Gasteiger partial charge in [-0.2, -0.15) is 12.1 Å². The molecule has 0 saturated carbocycles. The van der Waals surface area contributed by atoms with Crippen LogP contribution >= 0.6 is 0 Å². The summed E-state index contributed by atoms with van der Waals surface area (Å²) in [6, 6.07) is 83.1. The first kappa shape index (κ1) is 45.2. The molecule has 0 spiro atoms. The molecule has 0 fully saturated rings. The number of aromatic nitrogens is 2. The van der Waals surface area contributed by atoms with E-state index in [2.05, 4.69) is 255 Å². The average Bonchev–Trinajstić information content (AvgIpc) is 4.05. The van der Waals surface area contributed by atoms with Gasteiger partial charge in [0, 0.05) is 77.9 Å². The standard InChI is InChI=1S/C66H49N4O.Pt/c1-65(2,3)46-37-38-67-63(40-46)70-61-39-47(66(4)57-29-13-11-25-53(57)54-26-12-14-30-58(54)66)33-35-55(61)56-36-34-50(42-62(56)70)71-49-24-17-23-48(41-49)68-43-69(60-32-16-15-31-59(60)68)64-51(44-19-7-5-8-20-44)27-18-28-52(64)45-21-9-6-10-22-45;/h5-40,43H,1-4H3;/q-3;. The second-order valence-corrected chi connectivity index (χ2v) is 19.8. The van der Waals surface area contributed by atoms with E-state index in [0.29, 0.717) is 11.5 Å². The fraction of sp³-hybridized carbons (Fsp3) is 0.0909. The van der Waals surface area contributed by atoms with Crippen molar-refractivity contribution in [2.45, 2.75) is 38.5 Å². The van der Waals surface area contributed by atoms with E-state index >= 15 is 0 Å². The SMILES string of the molecule is CC(C)(C)c1ccnc(-n2c3[c-]c(Oc4[c-]c(N5[CH-]N(c6c(-c7ccccc7)cccc6-c6ccccc6)c6ccccc65)ccc4)ccc3c3ccc(C4(C)c5ccccc5-c5ccccc54)cc32)c1.[Pt]. The second-order valence-electron chi connectivity index (χ2n) is 19.8. The topological polar surface area (TPSA) is 33.5 Å². The second kappa shape index (κ2) is 17.7.